The maximum atomic E-state index is 4.32. The molecule has 0 unspecified atom stereocenters. The van der Waals surface area contributed by atoms with Crippen molar-refractivity contribution in [1.82, 2.24) is 9.38 Å². The van der Waals surface area contributed by atoms with Crippen LogP contribution in [-0.4, -0.2) is 9.38 Å². The van der Waals surface area contributed by atoms with Crippen molar-refractivity contribution in [3.63, 3.8) is 0 Å². The van der Waals surface area contributed by atoms with Crippen molar-refractivity contribution in [3.05, 3.63) is 176 Å². The van der Waals surface area contributed by atoms with Crippen LogP contribution in [0.2, 0.25) is 0 Å². The van der Waals surface area contributed by atoms with Crippen LogP contribution in [0, 0.1) is 25.7 Å². The van der Waals surface area contributed by atoms with Gasteiger partial charge in [0.15, 0.2) is 0 Å². The van der Waals surface area contributed by atoms with E-state index in [-0.39, 0.29) is 20.1 Å². The molecule has 10 rings (SSSR count). The zero-order valence-electron chi connectivity index (χ0n) is 26.1. The van der Waals surface area contributed by atoms with E-state index in [2.05, 4.69) is 153 Å². The fourth-order valence-corrected chi connectivity index (χ4v) is 6.75. The summed E-state index contributed by atoms with van der Waals surface area (Å²) >= 11 is 0. The molecule has 48 heavy (non-hydrogen) atoms. The maximum Gasteiger partial charge on any atom is 3.00 e. The molecule has 9 aromatic rings. The number of para-hydroxylation sites is 5. The summed E-state index contributed by atoms with van der Waals surface area (Å²) in [5, 5.41) is 4.95. The zero-order chi connectivity index (χ0) is 31.3. The molecule has 0 fully saturated rings. The van der Waals surface area contributed by atoms with E-state index in [1.165, 1.54) is 49.3 Å². The second-order valence-electron chi connectivity index (χ2n) is 11.8. The minimum Gasteiger partial charge on any atom is -0.488 e. The standard InChI is InChI=1S/C31H19N3.C12H10N.Ir/c1-2-10-21(11-3-1)32-20-33(30-17-9-8-16-29(30)32)22-18-25-23-12-4-6-14-27(23)34-28-15-7-5-13-24(28)26(19-22)31(25)34;1-10-7-8-12(13-9-10)11-5-3-2-4-6-11;/h1-18,20H;2-5,7-9H,1H3;/q-2;-1;+3. The van der Waals surface area contributed by atoms with Gasteiger partial charge in [-0.2, -0.15) is 0 Å². The fourth-order valence-electron chi connectivity index (χ4n) is 6.75. The van der Waals surface area contributed by atoms with Gasteiger partial charge in [0, 0.05) is 34.3 Å². The van der Waals surface area contributed by atoms with Crippen LogP contribution in [0.1, 0.15) is 5.56 Å². The Morgan fingerprint density at radius 2 is 1.29 bits per heavy atom. The second-order valence-corrected chi connectivity index (χ2v) is 11.8. The maximum absolute atomic E-state index is 4.32. The van der Waals surface area contributed by atoms with Gasteiger partial charge in [0.2, 0.25) is 0 Å². The first-order chi connectivity index (χ1) is 23.2. The minimum atomic E-state index is 0. The average molecular weight is 794 g/mol. The van der Waals surface area contributed by atoms with Crippen molar-refractivity contribution in [2.75, 3.05) is 9.80 Å². The number of hydrogen-bond donors (Lipinski definition) is 0. The zero-order valence-corrected chi connectivity index (χ0v) is 28.5. The van der Waals surface area contributed by atoms with Gasteiger partial charge in [-0.3, -0.25) is 0 Å². The number of nitrogens with zero attached hydrogens (tertiary/aromatic N) is 4. The summed E-state index contributed by atoms with van der Waals surface area (Å²) in [5.74, 6) is 0. The molecular formula is C43H29IrN4. The molecule has 0 N–H and O–H groups in total. The molecule has 0 atom stereocenters. The van der Waals surface area contributed by atoms with E-state index in [4.69, 9.17) is 0 Å². The Bertz CT molecular complexity index is 2420. The summed E-state index contributed by atoms with van der Waals surface area (Å²) in [4.78, 5) is 8.84. The molecule has 1 aliphatic rings. The van der Waals surface area contributed by atoms with Gasteiger partial charge in [-0.25, -0.2) is 0 Å². The number of aryl methyl sites for hydroxylation is 1. The van der Waals surface area contributed by atoms with Gasteiger partial charge in [0.1, 0.15) is 0 Å². The van der Waals surface area contributed by atoms with Gasteiger partial charge < -0.3 is 19.2 Å². The van der Waals surface area contributed by atoms with E-state index in [1.54, 1.807) is 0 Å². The number of fused-ring (bicyclic) bond motifs is 7. The van der Waals surface area contributed by atoms with Crippen LogP contribution < -0.4 is 9.80 Å². The third-order valence-electron chi connectivity index (χ3n) is 8.92. The summed E-state index contributed by atoms with van der Waals surface area (Å²) < 4.78 is 2.40. The van der Waals surface area contributed by atoms with E-state index in [9.17, 15) is 0 Å². The number of benzene rings is 6. The molecule has 0 amide bonds. The molecule has 0 saturated carbocycles. The van der Waals surface area contributed by atoms with E-state index < -0.39 is 0 Å². The van der Waals surface area contributed by atoms with E-state index >= 15 is 0 Å². The molecule has 1 aliphatic heterocycles. The molecule has 0 bridgehead atoms. The van der Waals surface area contributed by atoms with Crippen LogP contribution in [-0.2, 0) is 20.1 Å². The third kappa shape index (κ3) is 4.91. The van der Waals surface area contributed by atoms with Crippen LogP contribution in [0.4, 0.5) is 22.7 Å². The van der Waals surface area contributed by atoms with Gasteiger partial charge in [0.25, 0.3) is 0 Å². The SMILES string of the molecule is Cc1ccc(-c2[c-]cccc2)nc1.[Ir+3].[c-]1c(N2[CH-]N(c3ccccc3)c3ccccc32)cc2c3ccccc3n3c4ccccc4c1c23. The number of anilines is 4. The summed E-state index contributed by atoms with van der Waals surface area (Å²) in [5.41, 5.74) is 11.4. The quantitative estimate of drug-likeness (QED) is 0.167. The van der Waals surface area contributed by atoms with E-state index in [0.29, 0.717) is 0 Å². The summed E-state index contributed by atoms with van der Waals surface area (Å²) in [6.07, 6.45) is 1.87. The van der Waals surface area contributed by atoms with Crippen molar-refractivity contribution in [3.8, 4) is 11.3 Å². The van der Waals surface area contributed by atoms with Crippen LogP contribution in [0.5, 0.6) is 0 Å². The van der Waals surface area contributed by atoms with Gasteiger partial charge in [-0.1, -0.05) is 95.3 Å². The minimum absolute atomic E-state index is 0. The molecule has 230 valence electrons. The number of aromatic nitrogens is 2. The van der Waals surface area contributed by atoms with Crippen molar-refractivity contribution < 1.29 is 20.1 Å². The third-order valence-corrected chi connectivity index (χ3v) is 8.92. The normalized spacial score (nSPS) is 12.4. The van der Waals surface area contributed by atoms with Gasteiger partial charge in [-0.05, 0) is 65.5 Å². The summed E-state index contributed by atoms with van der Waals surface area (Å²) in [6, 6.07) is 57.6. The molecule has 3 aromatic heterocycles. The first-order valence-corrected chi connectivity index (χ1v) is 15.8. The van der Waals surface area contributed by atoms with Gasteiger partial charge >= 0.3 is 20.1 Å². The fraction of sp³-hybridized carbons (Fsp3) is 0.0233. The van der Waals surface area contributed by atoms with Crippen molar-refractivity contribution in [2.45, 2.75) is 6.92 Å². The average Bonchev–Trinajstić information content (AvgIpc) is 3.80. The van der Waals surface area contributed by atoms with E-state index in [0.717, 1.165) is 28.3 Å². The van der Waals surface area contributed by atoms with Crippen molar-refractivity contribution in [2.24, 2.45) is 0 Å². The second kappa shape index (κ2) is 12.3. The summed E-state index contributed by atoms with van der Waals surface area (Å²) in [6.45, 7) is 4.22. The predicted octanol–water partition coefficient (Wildman–Crippen LogP) is 10.9. The Kier molecular flexibility index (Phi) is 7.64. The van der Waals surface area contributed by atoms with Crippen molar-refractivity contribution >= 4 is 60.8 Å². The summed E-state index contributed by atoms with van der Waals surface area (Å²) in [7, 11) is 0. The number of rotatable bonds is 3. The van der Waals surface area contributed by atoms with Crippen LogP contribution in [0.25, 0.3) is 49.4 Å². The van der Waals surface area contributed by atoms with Gasteiger partial charge in [-0.15, -0.1) is 60.1 Å². The molecule has 0 saturated heterocycles. The van der Waals surface area contributed by atoms with E-state index in [1.807, 2.05) is 43.5 Å². The first kappa shape index (κ1) is 29.9. The topological polar surface area (TPSA) is 23.8 Å². The Labute approximate surface area is 293 Å². The Morgan fingerprint density at radius 1 is 0.625 bits per heavy atom. The molecule has 4 nitrogen and oxygen atoms in total. The van der Waals surface area contributed by atoms with Crippen LogP contribution in [0.15, 0.2) is 152 Å². The Balaban J connectivity index is 0.000000203. The number of pyridine rings is 1. The number of hydrogen-bond acceptors (Lipinski definition) is 3. The largest absolute Gasteiger partial charge is 3.00 e. The first-order valence-electron chi connectivity index (χ1n) is 15.8. The van der Waals surface area contributed by atoms with Crippen molar-refractivity contribution in [1.29, 1.82) is 0 Å². The monoisotopic (exact) mass is 794 g/mol. The smallest absolute Gasteiger partial charge is 0.488 e. The van der Waals surface area contributed by atoms with Crippen LogP contribution >= 0.6 is 0 Å². The molecule has 0 aliphatic carbocycles. The van der Waals surface area contributed by atoms with Gasteiger partial charge in [0.05, 0.1) is 0 Å². The predicted molar refractivity (Wildman–Crippen MR) is 195 cm³/mol. The Hall–Kier alpha value is -5.48. The molecule has 0 radical (unpaired) electrons. The molecule has 6 aromatic carbocycles. The molecular weight excluding hydrogens is 765 g/mol. The molecule has 5 heteroatoms. The van der Waals surface area contributed by atoms with Crippen LogP contribution in [0.3, 0.4) is 0 Å². The molecule has 4 heterocycles. The molecule has 0 spiro atoms. The Morgan fingerprint density at radius 3 is 2.02 bits per heavy atom.